The highest BCUT2D eigenvalue weighted by molar-refractivity contribution is 8.13. The summed E-state index contributed by atoms with van der Waals surface area (Å²) in [6.07, 6.45) is 0. The quantitative estimate of drug-likeness (QED) is 0.615. The number of halogens is 2. The summed E-state index contributed by atoms with van der Waals surface area (Å²) in [5.74, 6) is 0.497. The molecule has 0 aliphatic carbocycles. The Kier molecular flexibility index (Phi) is 3.64. The third-order valence-electron chi connectivity index (χ3n) is 1.65. The molecule has 1 aromatic carbocycles. The molecule has 0 atom stereocenters. The van der Waals surface area contributed by atoms with Gasteiger partial charge < -0.3 is 4.74 Å². The van der Waals surface area contributed by atoms with Crippen LogP contribution in [0.5, 0.6) is 5.75 Å². The van der Waals surface area contributed by atoms with E-state index in [0.29, 0.717) is 5.88 Å². The number of methoxy groups -OCH3 is 1. The van der Waals surface area contributed by atoms with Crippen LogP contribution in [0.4, 0.5) is 0 Å². The molecule has 0 saturated carbocycles. The van der Waals surface area contributed by atoms with Crippen LogP contribution in [0.1, 0.15) is 5.56 Å². The summed E-state index contributed by atoms with van der Waals surface area (Å²) >= 11 is 5.58. The Bertz CT molecular complexity index is 428. The monoisotopic (exact) mass is 254 g/mol. The molecule has 0 fully saturated rings. The predicted molar refractivity (Wildman–Crippen MR) is 55.6 cm³/mol. The summed E-state index contributed by atoms with van der Waals surface area (Å²) in [5.41, 5.74) is 0.771. The van der Waals surface area contributed by atoms with Crippen LogP contribution in [0, 0.1) is 0 Å². The van der Waals surface area contributed by atoms with Crippen LogP contribution in [-0.4, -0.2) is 15.5 Å². The second-order valence-electron chi connectivity index (χ2n) is 2.56. The number of hydrogen-bond acceptors (Lipinski definition) is 3. The van der Waals surface area contributed by atoms with E-state index < -0.39 is 9.05 Å². The van der Waals surface area contributed by atoms with Gasteiger partial charge in [-0.05, 0) is 17.7 Å². The molecule has 1 aromatic rings. The zero-order valence-electron chi connectivity index (χ0n) is 7.33. The number of ether oxygens (including phenoxy) is 1. The van der Waals surface area contributed by atoms with Crippen LogP contribution in [-0.2, 0) is 14.9 Å². The molecule has 0 aliphatic rings. The molecule has 1 rings (SSSR count). The van der Waals surface area contributed by atoms with Gasteiger partial charge in [-0.2, -0.15) is 0 Å². The van der Waals surface area contributed by atoms with Gasteiger partial charge in [0.05, 0.1) is 7.11 Å². The van der Waals surface area contributed by atoms with E-state index in [2.05, 4.69) is 0 Å². The Morgan fingerprint density at radius 3 is 2.50 bits per heavy atom. The van der Waals surface area contributed by atoms with Gasteiger partial charge in [0.25, 0.3) is 9.05 Å². The molecule has 0 N–H and O–H groups in total. The van der Waals surface area contributed by atoms with E-state index in [0.717, 1.165) is 5.56 Å². The minimum absolute atomic E-state index is 0.0458. The predicted octanol–water partition coefficient (Wildman–Crippen LogP) is 2.36. The summed E-state index contributed by atoms with van der Waals surface area (Å²) in [7, 11) is 2.80. The van der Waals surface area contributed by atoms with Gasteiger partial charge >= 0.3 is 0 Å². The molecule has 3 nitrogen and oxygen atoms in total. The molecule has 6 heteroatoms. The summed E-state index contributed by atoms with van der Waals surface area (Å²) in [5, 5.41) is 0. The summed E-state index contributed by atoms with van der Waals surface area (Å²) in [6.45, 7) is 0. The Labute approximate surface area is 92.0 Å². The van der Waals surface area contributed by atoms with Crippen molar-refractivity contribution in [2.75, 3.05) is 7.11 Å². The highest BCUT2D eigenvalue weighted by Gasteiger charge is 2.16. The molecule has 0 heterocycles. The van der Waals surface area contributed by atoms with Crippen molar-refractivity contribution in [1.82, 2.24) is 0 Å². The fraction of sp³-hybridized carbons (Fsp3) is 0.250. The minimum atomic E-state index is -3.77. The van der Waals surface area contributed by atoms with Crippen molar-refractivity contribution in [3.8, 4) is 5.75 Å². The smallest absolute Gasteiger partial charge is 0.264 e. The van der Waals surface area contributed by atoms with Gasteiger partial charge in [0.1, 0.15) is 10.6 Å². The van der Waals surface area contributed by atoms with E-state index >= 15 is 0 Å². The Hall–Kier alpha value is -0.450. The van der Waals surface area contributed by atoms with Gasteiger partial charge in [-0.25, -0.2) is 8.42 Å². The van der Waals surface area contributed by atoms with E-state index in [-0.39, 0.29) is 10.6 Å². The van der Waals surface area contributed by atoms with E-state index in [1.807, 2.05) is 0 Å². The first-order chi connectivity index (χ1) is 6.49. The summed E-state index contributed by atoms with van der Waals surface area (Å²) in [6, 6.07) is 4.51. The maximum atomic E-state index is 11.1. The third-order valence-corrected chi connectivity index (χ3v) is 3.31. The molecule has 78 valence electrons. The van der Waals surface area contributed by atoms with Crippen LogP contribution in [0.3, 0.4) is 0 Å². The zero-order chi connectivity index (χ0) is 10.8. The molecule has 0 spiro atoms. The average molecular weight is 255 g/mol. The standard InChI is InChI=1S/C8H8Cl2O3S/c1-13-7-4-6(5-9)2-3-8(7)14(10,11)12/h2-4H,5H2,1H3. The molecule has 0 bridgehead atoms. The summed E-state index contributed by atoms with van der Waals surface area (Å²) in [4.78, 5) is -0.0458. The molecular formula is C8H8Cl2O3S. The van der Waals surface area contributed by atoms with Gasteiger partial charge in [-0.1, -0.05) is 6.07 Å². The Balaban J connectivity index is 3.33. The van der Waals surface area contributed by atoms with Crippen LogP contribution in [0.2, 0.25) is 0 Å². The number of alkyl halides is 1. The van der Waals surface area contributed by atoms with Crippen molar-refractivity contribution in [2.45, 2.75) is 10.8 Å². The molecule has 0 unspecified atom stereocenters. The lowest BCUT2D eigenvalue weighted by Crippen LogP contribution is -1.96. The van der Waals surface area contributed by atoms with Crippen LogP contribution in [0.15, 0.2) is 23.1 Å². The van der Waals surface area contributed by atoms with Crippen molar-refractivity contribution in [2.24, 2.45) is 0 Å². The highest BCUT2D eigenvalue weighted by Crippen LogP contribution is 2.28. The SMILES string of the molecule is COc1cc(CCl)ccc1S(=O)(=O)Cl. The number of hydrogen-bond donors (Lipinski definition) is 0. The van der Waals surface area contributed by atoms with Crippen molar-refractivity contribution in [3.63, 3.8) is 0 Å². The average Bonchev–Trinajstić information content (AvgIpc) is 2.15. The van der Waals surface area contributed by atoms with Gasteiger partial charge in [0.2, 0.25) is 0 Å². The number of rotatable bonds is 3. The maximum absolute atomic E-state index is 11.1. The Morgan fingerprint density at radius 1 is 1.43 bits per heavy atom. The second-order valence-corrected chi connectivity index (χ2v) is 5.36. The number of benzene rings is 1. The van der Waals surface area contributed by atoms with E-state index in [1.165, 1.54) is 13.2 Å². The molecule has 0 aliphatic heterocycles. The fourth-order valence-electron chi connectivity index (χ4n) is 0.997. The molecule has 14 heavy (non-hydrogen) atoms. The van der Waals surface area contributed by atoms with E-state index in [4.69, 9.17) is 27.0 Å². The largest absolute Gasteiger partial charge is 0.495 e. The van der Waals surface area contributed by atoms with Crippen molar-refractivity contribution in [3.05, 3.63) is 23.8 Å². The van der Waals surface area contributed by atoms with Gasteiger partial charge in [0.15, 0.2) is 0 Å². The van der Waals surface area contributed by atoms with Crippen LogP contribution < -0.4 is 4.74 Å². The molecule has 0 saturated heterocycles. The lowest BCUT2D eigenvalue weighted by atomic mass is 10.2. The summed E-state index contributed by atoms with van der Waals surface area (Å²) < 4.78 is 27.0. The molecule has 0 radical (unpaired) electrons. The second kappa shape index (κ2) is 4.38. The fourth-order valence-corrected chi connectivity index (χ4v) is 2.16. The van der Waals surface area contributed by atoms with Crippen molar-refractivity contribution < 1.29 is 13.2 Å². The topological polar surface area (TPSA) is 43.4 Å². The first-order valence-electron chi connectivity index (χ1n) is 3.66. The zero-order valence-corrected chi connectivity index (χ0v) is 9.66. The van der Waals surface area contributed by atoms with Gasteiger partial charge in [-0.3, -0.25) is 0 Å². The first kappa shape index (κ1) is 11.6. The van der Waals surface area contributed by atoms with Gasteiger partial charge in [0, 0.05) is 16.6 Å². The lowest BCUT2D eigenvalue weighted by Gasteiger charge is -2.06. The van der Waals surface area contributed by atoms with Gasteiger partial charge in [-0.15, -0.1) is 11.6 Å². The maximum Gasteiger partial charge on any atom is 0.264 e. The molecule has 0 aromatic heterocycles. The Morgan fingerprint density at radius 2 is 2.07 bits per heavy atom. The van der Waals surface area contributed by atoms with Crippen molar-refractivity contribution in [1.29, 1.82) is 0 Å². The van der Waals surface area contributed by atoms with Crippen LogP contribution >= 0.6 is 22.3 Å². The van der Waals surface area contributed by atoms with E-state index in [9.17, 15) is 8.42 Å². The first-order valence-corrected chi connectivity index (χ1v) is 6.51. The van der Waals surface area contributed by atoms with E-state index in [1.54, 1.807) is 12.1 Å². The third kappa shape index (κ3) is 2.53. The lowest BCUT2D eigenvalue weighted by molar-refractivity contribution is 0.403. The molecule has 0 amide bonds. The van der Waals surface area contributed by atoms with Crippen LogP contribution in [0.25, 0.3) is 0 Å². The highest BCUT2D eigenvalue weighted by atomic mass is 35.7. The minimum Gasteiger partial charge on any atom is -0.495 e. The normalized spacial score (nSPS) is 11.4. The van der Waals surface area contributed by atoms with Crippen molar-refractivity contribution >= 4 is 31.3 Å². The molecular weight excluding hydrogens is 247 g/mol.